The van der Waals surface area contributed by atoms with E-state index in [1.165, 1.54) is 17.4 Å². The van der Waals surface area contributed by atoms with Crippen LogP contribution in [0, 0.1) is 12.7 Å². The number of halogens is 1. The first-order valence-electron chi connectivity index (χ1n) is 10.3. The summed E-state index contributed by atoms with van der Waals surface area (Å²) in [5.41, 5.74) is 2.63. The van der Waals surface area contributed by atoms with Crippen LogP contribution in [0.2, 0.25) is 0 Å². The van der Waals surface area contributed by atoms with Gasteiger partial charge in [-0.3, -0.25) is 4.79 Å². The summed E-state index contributed by atoms with van der Waals surface area (Å²) in [6.07, 6.45) is 5.68. The van der Waals surface area contributed by atoms with Gasteiger partial charge in [-0.2, -0.15) is 0 Å². The predicted octanol–water partition coefficient (Wildman–Crippen LogP) is 5.42. The van der Waals surface area contributed by atoms with Crippen molar-refractivity contribution >= 4 is 28.2 Å². The van der Waals surface area contributed by atoms with Crippen LogP contribution < -0.4 is 5.32 Å². The first-order chi connectivity index (χ1) is 14.6. The van der Waals surface area contributed by atoms with E-state index in [9.17, 15) is 9.18 Å². The van der Waals surface area contributed by atoms with Crippen molar-refractivity contribution in [2.75, 3.05) is 11.9 Å². The summed E-state index contributed by atoms with van der Waals surface area (Å²) in [6.45, 7) is 2.54. The summed E-state index contributed by atoms with van der Waals surface area (Å²) < 4.78 is 13.4. The Morgan fingerprint density at radius 3 is 3.03 bits per heavy atom. The van der Waals surface area contributed by atoms with E-state index in [4.69, 9.17) is 4.98 Å². The molecule has 2 aromatic heterocycles. The van der Waals surface area contributed by atoms with Gasteiger partial charge in [0.2, 0.25) is 5.91 Å². The molecule has 1 saturated heterocycles. The molecular weight excluding hydrogens is 399 g/mol. The summed E-state index contributed by atoms with van der Waals surface area (Å²) in [5, 5.41) is 5.93. The van der Waals surface area contributed by atoms with Crippen molar-refractivity contribution in [3.63, 3.8) is 0 Å². The number of amides is 1. The second-order valence-electron chi connectivity index (χ2n) is 7.59. The lowest BCUT2D eigenvalue weighted by Gasteiger charge is -2.25. The van der Waals surface area contributed by atoms with E-state index in [0.29, 0.717) is 12.0 Å². The molecular formula is C23H25FN4OS. The minimum Gasteiger partial charge on any atom is -0.334 e. The fourth-order valence-electron chi connectivity index (χ4n) is 3.92. The molecule has 1 aliphatic rings. The van der Waals surface area contributed by atoms with Gasteiger partial charge in [-0.25, -0.2) is 14.4 Å². The van der Waals surface area contributed by atoms with Gasteiger partial charge in [-0.15, -0.1) is 11.3 Å². The molecule has 5 nitrogen and oxygen atoms in total. The largest absolute Gasteiger partial charge is 0.334 e. The number of hydrogen-bond donors (Lipinski definition) is 1. The van der Waals surface area contributed by atoms with Crippen LogP contribution in [0.25, 0.3) is 0 Å². The molecule has 1 aromatic carbocycles. The van der Waals surface area contributed by atoms with Crippen LogP contribution in [-0.4, -0.2) is 27.3 Å². The Morgan fingerprint density at radius 2 is 2.23 bits per heavy atom. The number of hydrogen-bond acceptors (Lipinski definition) is 5. The number of thiazole rings is 1. The van der Waals surface area contributed by atoms with Crippen LogP contribution in [0.5, 0.6) is 0 Å². The number of carbonyl (C=O) groups excluding carboxylic acids is 1. The zero-order valence-electron chi connectivity index (χ0n) is 17.0. The Bertz CT molecular complexity index is 1010. The van der Waals surface area contributed by atoms with Gasteiger partial charge in [-0.05, 0) is 61.9 Å². The zero-order chi connectivity index (χ0) is 20.9. The smallest absolute Gasteiger partial charge is 0.223 e. The number of nitrogens with one attached hydrogen (secondary N) is 1. The predicted molar refractivity (Wildman–Crippen MR) is 117 cm³/mol. The Morgan fingerprint density at radius 1 is 1.33 bits per heavy atom. The number of benzene rings is 1. The summed E-state index contributed by atoms with van der Waals surface area (Å²) >= 11 is 1.52. The number of rotatable bonds is 7. The van der Waals surface area contributed by atoms with Crippen molar-refractivity contribution in [2.24, 2.45) is 0 Å². The molecule has 7 heteroatoms. The van der Waals surface area contributed by atoms with Gasteiger partial charge in [0.25, 0.3) is 0 Å². The van der Waals surface area contributed by atoms with Crippen molar-refractivity contribution in [1.29, 1.82) is 0 Å². The number of aryl methyl sites for hydroxylation is 2. The lowest BCUT2D eigenvalue weighted by Crippen LogP contribution is -2.30. The Hall–Kier alpha value is -2.80. The highest BCUT2D eigenvalue weighted by Gasteiger charge is 2.30. The Balaban J connectivity index is 1.37. The van der Waals surface area contributed by atoms with Gasteiger partial charge in [0.05, 0.1) is 11.7 Å². The average Bonchev–Trinajstić information content (AvgIpc) is 3.43. The van der Waals surface area contributed by atoms with E-state index < -0.39 is 0 Å². The lowest BCUT2D eigenvalue weighted by molar-refractivity contribution is -0.132. The van der Waals surface area contributed by atoms with Gasteiger partial charge in [-0.1, -0.05) is 18.2 Å². The van der Waals surface area contributed by atoms with E-state index in [2.05, 4.69) is 10.3 Å². The van der Waals surface area contributed by atoms with Gasteiger partial charge in [0.15, 0.2) is 5.13 Å². The van der Waals surface area contributed by atoms with Crippen LogP contribution in [0.1, 0.15) is 48.5 Å². The van der Waals surface area contributed by atoms with Gasteiger partial charge in [0, 0.05) is 24.5 Å². The van der Waals surface area contributed by atoms with Crippen LogP contribution in [0.4, 0.5) is 15.3 Å². The van der Waals surface area contributed by atoms with E-state index in [1.807, 2.05) is 34.5 Å². The highest BCUT2D eigenvalue weighted by molar-refractivity contribution is 7.13. The van der Waals surface area contributed by atoms with E-state index in [0.717, 1.165) is 54.4 Å². The number of carbonyl (C=O) groups is 1. The maximum atomic E-state index is 13.4. The molecule has 30 heavy (non-hydrogen) atoms. The topological polar surface area (TPSA) is 58.1 Å². The normalized spacial score (nSPS) is 16.1. The maximum absolute atomic E-state index is 13.4. The molecule has 0 bridgehead atoms. The average molecular weight is 425 g/mol. The molecule has 4 rings (SSSR count). The zero-order valence-corrected chi connectivity index (χ0v) is 17.8. The van der Waals surface area contributed by atoms with Crippen molar-refractivity contribution in [2.45, 2.75) is 45.1 Å². The van der Waals surface area contributed by atoms with Crippen molar-refractivity contribution in [3.8, 4) is 0 Å². The number of likely N-dealkylation sites (tertiary alicyclic amines) is 1. The fourth-order valence-corrected chi connectivity index (χ4v) is 4.46. The summed E-state index contributed by atoms with van der Waals surface area (Å²) in [5.74, 6) is 0.721. The number of anilines is 2. The van der Waals surface area contributed by atoms with E-state index >= 15 is 0 Å². The molecule has 3 aromatic rings. The highest BCUT2D eigenvalue weighted by atomic mass is 32.1. The minimum atomic E-state index is -0.186. The van der Waals surface area contributed by atoms with Crippen molar-refractivity contribution in [3.05, 3.63) is 70.6 Å². The van der Waals surface area contributed by atoms with Crippen molar-refractivity contribution in [1.82, 2.24) is 14.9 Å². The second-order valence-corrected chi connectivity index (χ2v) is 8.49. The van der Waals surface area contributed by atoms with Crippen molar-refractivity contribution < 1.29 is 9.18 Å². The molecule has 1 amide bonds. The summed E-state index contributed by atoms with van der Waals surface area (Å²) in [4.78, 5) is 23.8. The molecule has 1 fully saturated rings. The first-order valence-corrected chi connectivity index (χ1v) is 11.2. The Kier molecular flexibility index (Phi) is 6.38. The number of pyridine rings is 1. The standard InChI is InChI=1S/C23H25FN4OS/c1-16-15-17(10-11-18(16)24)5-2-9-22(29)28-13-4-7-20(28)19-6-3-8-21(26-19)27-23-25-12-14-30-23/h3,6,8,10-12,14-15,20H,2,4-5,7,9,13H2,1H3,(H,25,26,27). The fraction of sp³-hybridized carbons (Fsp3) is 0.348. The van der Waals surface area contributed by atoms with Crippen LogP contribution >= 0.6 is 11.3 Å². The molecule has 1 aliphatic heterocycles. The third kappa shape index (κ3) is 4.84. The molecule has 1 unspecified atom stereocenters. The summed E-state index contributed by atoms with van der Waals surface area (Å²) in [7, 11) is 0. The third-order valence-electron chi connectivity index (χ3n) is 5.43. The molecule has 0 saturated carbocycles. The maximum Gasteiger partial charge on any atom is 0.223 e. The van der Waals surface area contributed by atoms with Crippen LogP contribution in [0.15, 0.2) is 48.0 Å². The van der Waals surface area contributed by atoms with Gasteiger partial charge in [0.1, 0.15) is 11.6 Å². The lowest BCUT2D eigenvalue weighted by atomic mass is 10.0. The molecule has 1 atom stereocenters. The van der Waals surface area contributed by atoms with Gasteiger partial charge < -0.3 is 10.2 Å². The second kappa shape index (κ2) is 9.34. The first kappa shape index (κ1) is 20.5. The highest BCUT2D eigenvalue weighted by Crippen LogP contribution is 2.32. The molecule has 156 valence electrons. The molecule has 3 heterocycles. The van der Waals surface area contributed by atoms with E-state index in [1.54, 1.807) is 19.2 Å². The Labute approximate surface area is 180 Å². The number of nitrogens with zero attached hydrogens (tertiary/aromatic N) is 3. The minimum absolute atomic E-state index is 0.0172. The molecule has 0 spiro atoms. The molecule has 0 aliphatic carbocycles. The monoisotopic (exact) mass is 424 g/mol. The quantitative estimate of drug-likeness (QED) is 0.551. The molecule has 1 N–H and O–H groups in total. The third-order valence-corrected chi connectivity index (χ3v) is 6.12. The van der Waals surface area contributed by atoms with Crippen LogP contribution in [0.3, 0.4) is 0 Å². The van der Waals surface area contributed by atoms with Crippen LogP contribution in [-0.2, 0) is 11.2 Å². The summed E-state index contributed by atoms with van der Waals surface area (Å²) in [6, 6.07) is 11.1. The van der Waals surface area contributed by atoms with Gasteiger partial charge >= 0.3 is 0 Å². The molecule has 0 radical (unpaired) electrons. The van der Waals surface area contributed by atoms with E-state index in [-0.39, 0.29) is 17.8 Å². The SMILES string of the molecule is Cc1cc(CCCC(=O)N2CCCC2c2cccc(Nc3nccs3)n2)ccc1F. The number of aromatic nitrogens is 2.